The molecular weight excluding hydrogens is 276 g/mol. The van der Waals surface area contributed by atoms with Gasteiger partial charge in [0, 0.05) is 4.47 Å². The van der Waals surface area contributed by atoms with Gasteiger partial charge in [-0.05, 0) is 37.3 Å². The third-order valence-corrected chi connectivity index (χ3v) is 3.63. The van der Waals surface area contributed by atoms with Crippen LogP contribution in [-0.4, -0.2) is 11.2 Å². The van der Waals surface area contributed by atoms with Crippen molar-refractivity contribution >= 4 is 15.9 Å². The number of hydrogen-bond donors (Lipinski definition) is 1. The Balaban J connectivity index is 2.23. The molecule has 0 aliphatic heterocycles. The number of aliphatic hydroxyl groups excluding tert-OH is 1. The van der Waals surface area contributed by atoms with Crippen molar-refractivity contribution in [3.63, 3.8) is 0 Å². The Morgan fingerprint density at radius 1 is 1.24 bits per heavy atom. The van der Waals surface area contributed by atoms with Gasteiger partial charge in [-0.15, -0.1) is 6.58 Å². The summed E-state index contributed by atoms with van der Waals surface area (Å²) >= 11 is 3.50. The molecule has 0 aromatic heterocycles. The molecule has 0 amide bonds. The first-order valence-corrected chi connectivity index (χ1v) is 7.05. The minimum absolute atomic E-state index is 0.225. The second kappa shape index (κ2) is 8.48. The summed E-state index contributed by atoms with van der Waals surface area (Å²) in [4.78, 5) is 0. The van der Waals surface area contributed by atoms with E-state index in [2.05, 4.69) is 28.6 Å². The van der Waals surface area contributed by atoms with Gasteiger partial charge in [0.05, 0.1) is 6.10 Å². The summed E-state index contributed by atoms with van der Waals surface area (Å²) in [5.41, 5.74) is 1.19. The summed E-state index contributed by atoms with van der Waals surface area (Å²) in [6, 6.07) is 8.09. The van der Waals surface area contributed by atoms with E-state index in [0.29, 0.717) is 0 Å². The van der Waals surface area contributed by atoms with E-state index in [-0.39, 0.29) is 6.10 Å². The first-order chi connectivity index (χ1) is 8.24. The van der Waals surface area contributed by atoms with E-state index in [1.54, 1.807) is 0 Å². The predicted octanol–water partition coefficient (Wildman–Crippen LogP) is 4.49. The molecule has 0 spiro atoms. The van der Waals surface area contributed by atoms with Crippen molar-refractivity contribution in [2.75, 3.05) is 0 Å². The highest BCUT2D eigenvalue weighted by Gasteiger charge is 2.07. The average Bonchev–Trinajstić information content (AvgIpc) is 2.32. The molecule has 0 fully saturated rings. The zero-order valence-electron chi connectivity index (χ0n) is 10.2. The Labute approximate surface area is 113 Å². The maximum atomic E-state index is 9.94. The number of hydrogen-bond acceptors (Lipinski definition) is 1. The molecule has 1 aromatic carbocycles. The third-order valence-electron chi connectivity index (χ3n) is 2.86. The van der Waals surface area contributed by atoms with Gasteiger partial charge in [0.2, 0.25) is 0 Å². The Morgan fingerprint density at radius 2 is 2.00 bits per heavy atom. The molecule has 0 heterocycles. The molecule has 0 aliphatic carbocycles. The largest absolute Gasteiger partial charge is 0.393 e. The highest BCUT2D eigenvalue weighted by molar-refractivity contribution is 9.10. The van der Waals surface area contributed by atoms with E-state index < -0.39 is 0 Å². The maximum absolute atomic E-state index is 9.94. The molecular formula is C15H21BrO. The quantitative estimate of drug-likeness (QED) is 0.553. The maximum Gasteiger partial charge on any atom is 0.0581 e. The molecule has 1 aromatic rings. The van der Waals surface area contributed by atoms with Gasteiger partial charge in [-0.25, -0.2) is 0 Å². The van der Waals surface area contributed by atoms with E-state index in [0.717, 1.165) is 30.2 Å². The molecule has 0 bridgehead atoms. The van der Waals surface area contributed by atoms with Gasteiger partial charge in [0.25, 0.3) is 0 Å². The van der Waals surface area contributed by atoms with Gasteiger partial charge in [0.15, 0.2) is 0 Å². The van der Waals surface area contributed by atoms with Crippen LogP contribution in [0.15, 0.2) is 41.4 Å². The van der Waals surface area contributed by atoms with Crippen LogP contribution in [0.5, 0.6) is 0 Å². The van der Waals surface area contributed by atoms with Crippen LogP contribution in [0.2, 0.25) is 0 Å². The molecule has 0 saturated carbocycles. The number of halogens is 1. The van der Waals surface area contributed by atoms with E-state index in [1.807, 2.05) is 24.3 Å². The van der Waals surface area contributed by atoms with Crippen molar-refractivity contribution in [2.45, 2.75) is 44.6 Å². The molecule has 17 heavy (non-hydrogen) atoms. The minimum atomic E-state index is -0.225. The Morgan fingerprint density at radius 3 is 2.71 bits per heavy atom. The van der Waals surface area contributed by atoms with Gasteiger partial charge >= 0.3 is 0 Å². The summed E-state index contributed by atoms with van der Waals surface area (Å²) in [6.45, 7) is 3.70. The first kappa shape index (κ1) is 14.5. The highest BCUT2D eigenvalue weighted by Crippen LogP contribution is 2.19. The number of aliphatic hydroxyl groups is 1. The van der Waals surface area contributed by atoms with Crippen LogP contribution < -0.4 is 0 Å². The number of benzene rings is 1. The van der Waals surface area contributed by atoms with Crippen molar-refractivity contribution < 1.29 is 5.11 Å². The molecule has 1 atom stereocenters. The number of allylic oxidation sites excluding steroid dienone is 1. The van der Waals surface area contributed by atoms with Crippen LogP contribution in [0.25, 0.3) is 0 Å². The van der Waals surface area contributed by atoms with Crippen molar-refractivity contribution in [3.05, 3.63) is 47.0 Å². The van der Waals surface area contributed by atoms with Crippen molar-refractivity contribution in [3.8, 4) is 0 Å². The first-order valence-electron chi connectivity index (χ1n) is 6.26. The zero-order valence-corrected chi connectivity index (χ0v) is 11.8. The van der Waals surface area contributed by atoms with Gasteiger partial charge in [-0.3, -0.25) is 0 Å². The van der Waals surface area contributed by atoms with E-state index >= 15 is 0 Å². The lowest BCUT2D eigenvalue weighted by Crippen LogP contribution is -2.10. The fourth-order valence-corrected chi connectivity index (χ4v) is 2.31. The fourth-order valence-electron chi connectivity index (χ4n) is 1.87. The third kappa shape index (κ3) is 6.04. The Bertz CT molecular complexity index is 335. The predicted molar refractivity (Wildman–Crippen MR) is 77.1 cm³/mol. The summed E-state index contributed by atoms with van der Waals surface area (Å²) in [5, 5.41) is 9.94. The highest BCUT2D eigenvalue weighted by atomic mass is 79.9. The van der Waals surface area contributed by atoms with Gasteiger partial charge in [0.1, 0.15) is 0 Å². The van der Waals surface area contributed by atoms with Crippen molar-refractivity contribution in [2.24, 2.45) is 0 Å². The second-order valence-electron chi connectivity index (χ2n) is 4.38. The molecule has 0 aliphatic rings. The summed E-state index contributed by atoms with van der Waals surface area (Å²) in [5.74, 6) is 0. The SMILES string of the molecule is C=CCCCCCC(O)Cc1ccccc1Br. The van der Waals surface area contributed by atoms with E-state index in [1.165, 1.54) is 18.4 Å². The van der Waals surface area contributed by atoms with Crippen LogP contribution in [-0.2, 0) is 6.42 Å². The van der Waals surface area contributed by atoms with Crippen LogP contribution in [0, 0.1) is 0 Å². The number of rotatable bonds is 8. The molecule has 1 rings (SSSR count). The van der Waals surface area contributed by atoms with Gasteiger partial charge < -0.3 is 5.11 Å². The minimum Gasteiger partial charge on any atom is -0.393 e. The zero-order chi connectivity index (χ0) is 12.5. The molecule has 0 radical (unpaired) electrons. The molecule has 1 N–H and O–H groups in total. The van der Waals surface area contributed by atoms with E-state index in [4.69, 9.17) is 0 Å². The van der Waals surface area contributed by atoms with Gasteiger partial charge in [-0.2, -0.15) is 0 Å². The molecule has 1 nitrogen and oxygen atoms in total. The molecule has 2 heteroatoms. The normalized spacial score (nSPS) is 12.4. The lowest BCUT2D eigenvalue weighted by molar-refractivity contribution is 0.161. The topological polar surface area (TPSA) is 20.2 Å². The van der Waals surface area contributed by atoms with Crippen molar-refractivity contribution in [1.82, 2.24) is 0 Å². The smallest absolute Gasteiger partial charge is 0.0581 e. The monoisotopic (exact) mass is 296 g/mol. The van der Waals surface area contributed by atoms with Crippen molar-refractivity contribution in [1.29, 1.82) is 0 Å². The van der Waals surface area contributed by atoms with Gasteiger partial charge in [-0.1, -0.05) is 53.0 Å². The lowest BCUT2D eigenvalue weighted by atomic mass is 10.0. The average molecular weight is 297 g/mol. The lowest BCUT2D eigenvalue weighted by Gasteiger charge is -2.11. The summed E-state index contributed by atoms with van der Waals surface area (Å²) < 4.78 is 1.09. The summed E-state index contributed by atoms with van der Waals surface area (Å²) in [6.07, 6.45) is 7.90. The molecule has 0 saturated heterocycles. The standard InChI is InChI=1S/C15H21BrO/c1-2-3-4-5-6-10-14(17)12-13-9-7-8-11-15(13)16/h2,7-9,11,14,17H,1,3-6,10,12H2. The van der Waals surface area contributed by atoms with Crippen LogP contribution in [0.3, 0.4) is 0 Å². The fraction of sp³-hybridized carbons (Fsp3) is 0.467. The van der Waals surface area contributed by atoms with Crippen LogP contribution in [0.4, 0.5) is 0 Å². The van der Waals surface area contributed by atoms with E-state index in [9.17, 15) is 5.11 Å². The Kier molecular flexibility index (Phi) is 7.22. The molecule has 94 valence electrons. The van der Waals surface area contributed by atoms with Crippen LogP contribution in [0.1, 0.15) is 37.7 Å². The Hall–Kier alpha value is -0.600. The van der Waals surface area contributed by atoms with Crippen LogP contribution >= 0.6 is 15.9 Å². The molecule has 1 unspecified atom stereocenters. The summed E-state index contributed by atoms with van der Waals surface area (Å²) in [7, 11) is 0. The second-order valence-corrected chi connectivity index (χ2v) is 5.23. The number of unbranched alkanes of at least 4 members (excludes halogenated alkanes) is 3.